The minimum atomic E-state index is -0.855. The van der Waals surface area contributed by atoms with Gasteiger partial charge in [-0.05, 0) is 18.6 Å². The second-order valence-electron chi connectivity index (χ2n) is 2.16. The van der Waals surface area contributed by atoms with Crippen LogP contribution in [0.2, 0.25) is 0 Å². The summed E-state index contributed by atoms with van der Waals surface area (Å²) in [7, 11) is 0. The van der Waals surface area contributed by atoms with Gasteiger partial charge in [0.25, 0.3) is 0 Å². The first-order chi connectivity index (χ1) is 5.15. The standard InChI is InChI=1S/C7H8O2S2/c1-4-5(3-10)2-6(11-4)7(8)9/h2,10H,3H2,1H3,(H,8,9). The monoisotopic (exact) mass is 188 g/mol. The van der Waals surface area contributed by atoms with Crippen LogP contribution in [0.15, 0.2) is 6.07 Å². The molecule has 0 spiro atoms. The highest BCUT2D eigenvalue weighted by molar-refractivity contribution is 7.79. The SMILES string of the molecule is Cc1sc(C(=O)O)cc1CS. The van der Waals surface area contributed by atoms with Gasteiger partial charge in [-0.1, -0.05) is 0 Å². The van der Waals surface area contributed by atoms with Crippen molar-refractivity contribution in [3.63, 3.8) is 0 Å². The highest BCUT2D eigenvalue weighted by Gasteiger charge is 2.08. The maximum absolute atomic E-state index is 10.5. The predicted octanol–water partition coefficient (Wildman–Crippen LogP) is 2.18. The van der Waals surface area contributed by atoms with E-state index in [1.807, 2.05) is 6.92 Å². The zero-order valence-electron chi connectivity index (χ0n) is 6.00. The molecule has 2 nitrogen and oxygen atoms in total. The van der Waals surface area contributed by atoms with Crippen molar-refractivity contribution in [2.45, 2.75) is 12.7 Å². The molecule has 0 aliphatic carbocycles. The topological polar surface area (TPSA) is 37.3 Å². The molecule has 0 atom stereocenters. The first-order valence-electron chi connectivity index (χ1n) is 3.08. The summed E-state index contributed by atoms with van der Waals surface area (Å²) in [6.07, 6.45) is 0. The second kappa shape index (κ2) is 3.28. The van der Waals surface area contributed by atoms with E-state index in [-0.39, 0.29) is 0 Å². The maximum Gasteiger partial charge on any atom is 0.345 e. The van der Waals surface area contributed by atoms with Crippen molar-refractivity contribution in [2.24, 2.45) is 0 Å². The Balaban J connectivity index is 3.05. The molecule has 0 radical (unpaired) electrons. The Morgan fingerprint density at radius 3 is 2.73 bits per heavy atom. The van der Waals surface area contributed by atoms with Crippen LogP contribution in [-0.2, 0) is 5.75 Å². The van der Waals surface area contributed by atoms with Crippen molar-refractivity contribution >= 4 is 29.9 Å². The number of thiol groups is 1. The van der Waals surface area contributed by atoms with E-state index in [1.165, 1.54) is 11.3 Å². The first-order valence-corrected chi connectivity index (χ1v) is 4.53. The fraction of sp³-hybridized carbons (Fsp3) is 0.286. The Morgan fingerprint density at radius 2 is 2.45 bits per heavy atom. The van der Waals surface area contributed by atoms with Gasteiger partial charge in [0.15, 0.2) is 0 Å². The molecule has 0 aromatic carbocycles. The third kappa shape index (κ3) is 1.75. The summed E-state index contributed by atoms with van der Waals surface area (Å²) in [6.45, 7) is 1.91. The van der Waals surface area contributed by atoms with Crippen LogP contribution >= 0.6 is 24.0 Å². The molecule has 0 amide bonds. The minimum Gasteiger partial charge on any atom is -0.477 e. The number of rotatable bonds is 2. The third-order valence-corrected chi connectivity index (χ3v) is 2.82. The molecule has 0 bridgehead atoms. The molecule has 0 aliphatic heterocycles. The molecule has 1 rings (SSSR count). The maximum atomic E-state index is 10.5. The molecule has 0 saturated heterocycles. The van der Waals surface area contributed by atoms with Crippen molar-refractivity contribution in [1.82, 2.24) is 0 Å². The number of thiophene rings is 1. The van der Waals surface area contributed by atoms with E-state index in [1.54, 1.807) is 6.07 Å². The lowest BCUT2D eigenvalue weighted by Gasteiger charge is -1.87. The number of carboxylic acids is 1. The Morgan fingerprint density at radius 1 is 1.82 bits per heavy atom. The Bertz CT molecular complexity index is 278. The number of aryl methyl sites for hydroxylation is 1. The van der Waals surface area contributed by atoms with Crippen molar-refractivity contribution < 1.29 is 9.90 Å². The quantitative estimate of drug-likeness (QED) is 0.698. The average Bonchev–Trinajstić information content (AvgIpc) is 2.31. The second-order valence-corrected chi connectivity index (χ2v) is 3.73. The van der Waals surface area contributed by atoms with Gasteiger partial charge in [0.05, 0.1) is 0 Å². The number of carboxylic acid groups (broad SMARTS) is 1. The van der Waals surface area contributed by atoms with Gasteiger partial charge >= 0.3 is 5.97 Å². The van der Waals surface area contributed by atoms with Gasteiger partial charge < -0.3 is 5.11 Å². The summed E-state index contributed by atoms with van der Waals surface area (Å²) >= 11 is 5.37. The van der Waals surface area contributed by atoms with Crippen LogP contribution < -0.4 is 0 Å². The zero-order chi connectivity index (χ0) is 8.43. The summed E-state index contributed by atoms with van der Waals surface area (Å²) < 4.78 is 0. The summed E-state index contributed by atoms with van der Waals surface area (Å²) in [6, 6.07) is 1.68. The number of carbonyl (C=O) groups is 1. The van der Waals surface area contributed by atoms with E-state index in [0.717, 1.165) is 10.4 Å². The lowest BCUT2D eigenvalue weighted by molar-refractivity contribution is 0.0702. The first kappa shape index (κ1) is 8.62. The van der Waals surface area contributed by atoms with E-state index in [2.05, 4.69) is 12.6 Å². The molecule has 0 saturated carbocycles. The summed E-state index contributed by atoms with van der Waals surface area (Å²) in [5.74, 6) is -0.249. The Kier molecular flexibility index (Phi) is 2.57. The fourth-order valence-corrected chi connectivity index (χ4v) is 2.10. The predicted molar refractivity (Wildman–Crippen MR) is 48.7 cm³/mol. The molecule has 0 aliphatic rings. The van der Waals surface area contributed by atoms with Crippen LogP contribution in [0.4, 0.5) is 0 Å². The van der Waals surface area contributed by atoms with Crippen molar-refractivity contribution in [2.75, 3.05) is 0 Å². The van der Waals surface area contributed by atoms with Crippen LogP contribution in [0.25, 0.3) is 0 Å². The van der Waals surface area contributed by atoms with Crippen LogP contribution in [0, 0.1) is 6.92 Å². The zero-order valence-corrected chi connectivity index (χ0v) is 7.71. The van der Waals surface area contributed by atoms with Crippen LogP contribution in [-0.4, -0.2) is 11.1 Å². The molecule has 1 aromatic heterocycles. The summed E-state index contributed by atoms with van der Waals surface area (Å²) in [5, 5.41) is 8.60. The summed E-state index contributed by atoms with van der Waals surface area (Å²) in [4.78, 5) is 11.9. The Hall–Kier alpha value is -0.480. The normalized spacial score (nSPS) is 10.0. The lowest BCUT2D eigenvalue weighted by Crippen LogP contribution is -1.90. The van der Waals surface area contributed by atoms with E-state index in [9.17, 15) is 4.79 Å². The molecular weight excluding hydrogens is 180 g/mol. The van der Waals surface area contributed by atoms with Crippen LogP contribution in [0.5, 0.6) is 0 Å². The van der Waals surface area contributed by atoms with Gasteiger partial charge in [-0.3, -0.25) is 0 Å². The van der Waals surface area contributed by atoms with Crippen LogP contribution in [0.1, 0.15) is 20.1 Å². The van der Waals surface area contributed by atoms with Crippen LogP contribution in [0.3, 0.4) is 0 Å². The van der Waals surface area contributed by atoms with E-state index < -0.39 is 5.97 Å². The molecule has 1 aromatic rings. The molecule has 1 N–H and O–H groups in total. The number of hydrogen-bond donors (Lipinski definition) is 2. The minimum absolute atomic E-state index is 0.395. The number of hydrogen-bond acceptors (Lipinski definition) is 3. The average molecular weight is 188 g/mol. The molecule has 0 unspecified atom stereocenters. The fourth-order valence-electron chi connectivity index (χ4n) is 0.782. The molecular formula is C7H8O2S2. The Labute approximate surface area is 74.3 Å². The molecule has 0 fully saturated rings. The van der Waals surface area contributed by atoms with Crippen molar-refractivity contribution in [1.29, 1.82) is 0 Å². The largest absolute Gasteiger partial charge is 0.477 e. The van der Waals surface area contributed by atoms with E-state index >= 15 is 0 Å². The van der Waals surface area contributed by atoms with Gasteiger partial charge in [0, 0.05) is 10.6 Å². The van der Waals surface area contributed by atoms with Gasteiger partial charge in [-0.2, -0.15) is 12.6 Å². The highest BCUT2D eigenvalue weighted by atomic mass is 32.1. The summed E-state index contributed by atoms with van der Waals surface area (Å²) in [5.41, 5.74) is 1.01. The molecule has 1 heterocycles. The highest BCUT2D eigenvalue weighted by Crippen LogP contribution is 2.22. The van der Waals surface area contributed by atoms with Crippen molar-refractivity contribution in [3.8, 4) is 0 Å². The van der Waals surface area contributed by atoms with Gasteiger partial charge in [-0.15, -0.1) is 11.3 Å². The van der Waals surface area contributed by atoms with Gasteiger partial charge in [0.2, 0.25) is 0 Å². The number of aromatic carboxylic acids is 1. The van der Waals surface area contributed by atoms with Gasteiger partial charge in [-0.25, -0.2) is 4.79 Å². The molecule has 4 heteroatoms. The van der Waals surface area contributed by atoms with Crippen molar-refractivity contribution in [3.05, 3.63) is 21.4 Å². The molecule has 60 valence electrons. The van der Waals surface area contributed by atoms with Gasteiger partial charge in [0.1, 0.15) is 4.88 Å². The third-order valence-electron chi connectivity index (χ3n) is 1.40. The smallest absolute Gasteiger partial charge is 0.345 e. The molecule has 11 heavy (non-hydrogen) atoms. The van der Waals surface area contributed by atoms with E-state index in [0.29, 0.717) is 10.6 Å². The van der Waals surface area contributed by atoms with E-state index in [4.69, 9.17) is 5.11 Å². The lowest BCUT2D eigenvalue weighted by atomic mass is 10.3.